The van der Waals surface area contributed by atoms with Crippen LogP contribution in [0.4, 0.5) is 0 Å². The molecule has 0 radical (unpaired) electrons. The quantitative estimate of drug-likeness (QED) is 0.187. The maximum absolute atomic E-state index is 6.38. The number of rotatable bonds is 5. The van der Waals surface area contributed by atoms with Gasteiger partial charge in [0, 0.05) is 11.5 Å². The molecule has 7 heteroatoms. The molecular formula is C32H25N5O2. The smallest absolute Gasteiger partial charge is 0.228 e. The summed E-state index contributed by atoms with van der Waals surface area (Å²) in [7, 11) is 0. The SMILES string of the molecule is C/C(=N\OCc1nc2c3c(ncn2n1)Oc1ccc2ccccc2c1C3c1ccccc1)c1ccc(C)cc1. The predicted molar refractivity (Wildman–Crippen MR) is 150 cm³/mol. The Bertz CT molecular complexity index is 1860. The highest BCUT2D eigenvalue weighted by Gasteiger charge is 2.34. The molecule has 6 aromatic rings. The average Bonchev–Trinajstić information content (AvgIpc) is 3.40. The van der Waals surface area contributed by atoms with Crippen LogP contribution in [-0.2, 0) is 11.4 Å². The van der Waals surface area contributed by atoms with Crippen LogP contribution >= 0.6 is 0 Å². The van der Waals surface area contributed by atoms with Crippen LogP contribution in [0.3, 0.4) is 0 Å². The van der Waals surface area contributed by atoms with Crippen LogP contribution in [0.15, 0.2) is 102 Å². The normalized spacial score (nSPS) is 14.6. The minimum atomic E-state index is -0.132. The monoisotopic (exact) mass is 511 g/mol. The Morgan fingerprint density at radius 1 is 0.923 bits per heavy atom. The molecule has 0 amide bonds. The third-order valence-corrected chi connectivity index (χ3v) is 7.14. The Kier molecular flexibility index (Phi) is 5.55. The van der Waals surface area contributed by atoms with Gasteiger partial charge in [0.2, 0.25) is 5.88 Å². The van der Waals surface area contributed by atoms with E-state index in [2.05, 4.69) is 88.9 Å². The molecule has 7 rings (SSSR count). The maximum atomic E-state index is 6.38. The lowest BCUT2D eigenvalue weighted by atomic mass is 9.81. The van der Waals surface area contributed by atoms with Crippen molar-refractivity contribution in [2.45, 2.75) is 26.4 Å². The van der Waals surface area contributed by atoms with Gasteiger partial charge in [0.25, 0.3) is 0 Å². The van der Waals surface area contributed by atoms with E-state index in [-0.39, 0.29) is 12.5 Å². The Hall–Kier alpha value is -5.04. The summed E-state index contributed by atoms with van der Waals surface area (Å²) in [5.74, 6) is 1.72. The predicted octanol–water partition coefficient (Wildman–Crippen LogP) is 6.81. The van der Waals surface area contributed by atoms with Crippen LogP contribution < -0.4 is 4.74 Å². The fraction of sp³-hybridized carbons (Fsp3) is 0.125. The molecule has 0 saturated heterocycles. The van der Waals surface area contributed by atoms with Crippen LogP contribution in [0.25, 0.3) is 16.4 Å². The van der Waals surface area contributed by atoms with Gasteiger partial charge in [0.1, 0.15) is 12.1 Å². The number of ether oxygens (including phenoxy) is 1. The van der Waals surface area contributed by atoms with E-state index in [0.717, 1.165) is 44.5 Å². The van der Waals surface area contributed by atoms with Gasteiger partial charge in [-0.1, -0.05) is 95.6 Å². The van der Waals surface area contributed by atoms with E-state index in [4.69, 9.17) is 14.6 Å². The minimum absolute atomic E-state index is 0.132. The summed E-state index contributed by atoms with van der Waals surface area (Å²) in [6.07, 6.45) is 1.64. The van der Waals surface area contributed by atoms with Crippen molar-refractivity contribution < 1.29 is 9.57 Å². The molecule has 4 aromatic carbocycles. The summed E-state index contributed by atoms with van der Waals surface area (Å²) in [4.78, 5) is 15.2. The summed E-state index contributed by atoms with van der Waals surface area (Å²) in [5.41, 5.74) is 6.80. The van der Waals surface area contributed by atoms with Gasteiger partial charge in [-0.15, -0.1) is 5.10 Å². The molecule has 1 atom stereocenters. The molecule has 0 N–H and O–H groups in total. The number of oxime groups is 1. The standard InChI is InChI=1S/C32H25N5O2/c1-20-12-14-22(15-13-20)21(2)36-38-18-27-34-31-30-28(24-9-4-3-5-10-24)29-25-11-7-6-8-23(25)16-17-26(29)39-32(30)33-19-37(31)35-27/h3-17,19,28H,18H2,1-2H3/b36-21+. The van der Waals surface area contributed by atoms with Crippen LogP contribution in [-0.4, -0.2) is 25.3 Å². The molecular weight excluding hydrogens is 486 g/mol. The van der Waals surface area contributed by atoms with Crippen LogP contribution in [0.5, 0.6) is 11.6 Å². The summed E-state index contributed by atoms with van der Waals surface area (Å²) >= 11 is 0. The number of hydrogen-bond donors (Lipinski definition) is 0. The molecule has 1 aliphatic heterocycles. The highest BCUT2D eigenvalue weighted by molar-refractivity contribution is 5.98. The fourth-order valence-corrected chi connectivity index (χ4v) is 5.22. The fourth-order valence-electron chi connectivity index (χ4n) is 5.22. The topological polar surface area (TPSA) is 73.9 Å². The number of benzene rings is 4. The van der Waals surface area contributed by atoms with E-state index in [9.17, 15) is 0 Å². The highest BCUT2D eigenvalue weighted by atomic mass is 16.6. The van der Waals surface area contributed by atoms with Gasteiger partial charge in [-0.05, 0) is 41.8 Å². The number of aromatic nitrogens is 4. The van der Waals surface area contributed by atoms with Crippen molar-refractivity contribution in [1.29, 1.82) is 0 Å². The van der Waals surface area contributed by atoms with Crippen molar-refractivity contribution in [3.8, 4) is 11.6 Å². The second-order valence-electron chi connectivity index (χ2n) is 9.72. The molecule has 1 unspecified atom stereocenters. The molecule has 0 aliphatic carbocycles. The van der Waals surface area contributed by atoms with Gasteiger partial charge in [0.05, 0.1) is 11.3 Å². The summed E-state index contributed by atoms with van der Waals surface area (Å²) in [6, 6.07) is 31.1. The van der Waals surface area contributed by atoms with E-state index in [1.165, 1.54) is 5.56 Å². The van der Waals surface area contributed by atoms with Crippen LogP contribution in [0.1, 0.15) is 46.5 Å². The average molecular weight is 512 g/mol. The first-order chi connectivity index (χ1) is 19.2. The van der Waals surface area contributed by atoms with Crippen molar-refractivity contribution in [1.82, 2.24) is 19.6 Å². The Morgan fingerprint density at radius 2 is 1.72 bits per heavy atom. The van der Waals surface area contributed by atoms with Gasteiger partial charge in [-0.25, -0.2) is 14.5 Å². The third kappa shape index (κ3) is 4.08. The minimum Gasteiger partial charge on any atom is -0.438 e. The summed E-state index contributed by atoms with van der Waals surface area (Å²) in [5, 5.41) is 11.2. The molecule has 39 heavy (non-hydrogen) atoms. The Morgan fingerprint density at radius 3 is 2.56 bits per heavy atom. The molecule has 0 fully saturated rings. The molecule has 3 heterocycles. The molecule has 2 aromatic heterocycles. The van der Waals surface area contributed by atoms with Gasteiger partial charge >= 0.3 is 0 Å². The van der Waals surface area contributed by atoms with Crippen LogP contribution in [0.2, 0.25) is 0 Å². The molecule has 0 saturated carbocycles. The van der Waals surface area contributed by atoms with Crippen molar-refractivity contribution >= 4 is 22.1 Å². The van der Waals surface area contributed by atoms with Gasteiger partial charge < -0.3 is 9.57 Å². The van der Waals surface area contributed by atoms with Crippen molar-refractivity contribution in [3.63, 3.8) is 0 Å². The van der Waals surface area contributed by atoms with Crippen LogP contribution in [0, 0.1) is 6.92 Å². The summed E-state index contributed by atoms with van der Waals surface area (Å²) in [6.45, 7) is 4.12. The van der Waals surface area contributed by atoms with Gasteiger partial charge in [0.15, 0.2) is 18.1 Å². The Labute approximate surface area is 225 Å². The van der Waals surface area contributed by atoms with Gasteiger partial charge in [-0.3, -0.25) is 0 Å². The van der Waals surface area contributed by atoms with E-state index < -0.39 is 0 Å². The molecule has 0 bridgehead atoms. The highest BCUT2D eigenvalue weighted by Crippen LogP contribution is 2.50. The van der Waals surface area contributed by atoms with Crippen molar-refractivity contribution in [3.05, 3.63) is 131 Å². The number of nitrogens with zero attached hydrogens (tertiary/aromatic N) is 5. The lowest BCUT2D eigenvalue weighted by Gasteiger charge is -2.29. The second kappa shape index (κ2) is 9.36. The number of hydrogen-bond acceptors (Lipinski definition) is 6. The first kappa shape index (κ1) is 23.1. The first-order valence-electron chi connectivity index (χ1n) is 12.9. The first-order valence-corrected chi connectivity index (χ1v) is 12.9. The van der Waals surface area contributed by atoms with E-state index >= 15 is 0 Å². The van der Waals surface area contributed by atoms with Gasteiger partial charge in [-0.2, -0.15) is 0 Å². The molecule has 190 valence electrons. The molecule has 1 aliphatic rings. The van der Waals surface area contributed by atoms with E-state index in [0.29, 0.717) is 17.4 Å². The van der Waals surface area contributed by atoms with E-state index in [1.54, 1.807) is 10.8 Å². The zero-order chi connectivity index (χ0) is 26.3. The third-order valence-electron chi connectivity index (χ3n) is 7.14. The zero-order valence-corrected chi connectivity index (χ0v) is 21.6. The largest absolute Gasteiger partial charge is 0.438 e. The van der Waals surface area contributed by atoms with E-state index in [1.807, 2.05) is 31.2 Å². The summed E-state index contributed by atoms with van der Waals surface area (Å²) < 4.78 is 8.08. The lowest BCUT2D eigenvalue weighted by molar-refractivity contribution is 0.125. The lowest BCUT2D eigenvalue weighted by Crippen LogP contribution is -2.15. The molecule has 7 nitrogen and oxygen atoms in total. The van der Waals surface area contributed by atoms with Crippen molar-refractivity contribution in [2.24, 2.45) is 5.16 Å². The number of fused-ring (bicyclic) bond motifs is 6. The van der Waals surface area contributed by atoms with Crippen molar-refractivity contribution in [2.75, 3.05) is 0 Å². The zero-order valence-electron chi connectivity index (χ0n) is 21.6. The second-order valence-corrected chi connectivity index (χ2v) is 9.72. The Balaban J connectivity index is 1.30. The number of aryl methyl sites for hydroxylation is 1. The maximum Gasteiger partial charge on any atom is 0.228 e. The molecule has 0 spiro atoms.